The van der Waals surface area contributed by atoms with Gasteiger partial charge in [0.1, 0.15) is 0 Å². The van der Waals surface area contributed by atoms with Crippen LogP contribution in [0.1, 0.15) is 406 Å². The Morgan fingerprint density at radius 1 is 0.346 bits per heavy atom. The lowest BCUT2D eigenvalue weighted by Gasteiger charge is -2.20. The monoisotopic (exact) mass is 1140 g/mol. The first-order chi connectivity index (χ1) is 40.0. The zero-order chi connectivity index (χ0) is 58.5. The van der Waals surface area contributed by atoms with Crippen LogP contribution in [0.2, 0.25) is 0 Å². The molecule has 81 heavy (non-hydrogen) atoms. The van der Waals surface area contributed by atoms with Crippen LogP contribution < -0.4 is 5.32 Å². The lowest BCUT2D eigenvalue weighted by Crippen LogP contribution is -2.45. The van der Waals surface area contributed by atoms with Gasteiger partial charge in [0.2, 0.25) is 5.91 Å². The second kappa shape index (κ2) is 70.6. The van der Waals surface area contributed by atoms with Gasteiger partial charge in [-0.3, -0.25) is 9.59 Å². The molecule has 2 unspecified atom stereocenters. The first-order valence-corrected chi connectivity index (χ1v) is 36.8. The van der Waals surface area contributed by atoms with E-state index in [1.54, 1.807) is 6.08 Å². The number of aliphatic hydroxyl groups excluding tert-OH is 2. The number of allylic oxidation sites excluding steroid dienone is 5. The van der Waals surface area contributed by atoms with Crippen molar-refractivity contribution >= 4 is 11.9 Å². The lowest BCUT2D eigenvalue weighted by atomic mass is 10.0. The van der Waals surface area contributed by atoms with Crippen LogP contribution in [0.25, 0.3) is 0 Å². The van der Waals surface area contributed by atoms with Gasteiger partial charge in [-0.2, -0.15) is 0 Å². The number of aliphatic hydroxyl groups is 2. The number of unbranched alkanes of at least 4 members (excludes halogenated alkanes) is 54. The summed E-state index contributed by atoms with van der Waals surface area (Å²) in [4.78, 5) is 24.5. The van der Waals surface area contributed by atoms with Gasteiger partial charge in [0.15, 0.2) is 0 Å². The number of nitrogens with one attached hydrogen (secondary N) is 1. The highest BCUT2D eigenvalue weighted by atomic mass is 16.5. The fourth-order valence-corrected chi connectivity index (χ4v) is 11.6. The van der Waals surface area contributed by atoms with Crippen LogP contribution in [0.5, 0.6) is 0 Å². The highest BCUT2D eigenvalue weighted by molar-refractivity contribution is 5.76. The molecule has 0 spiro atoms. The molecule has 0 rings (SSSR count). The Labute approximate surface area is 506 Å². The van der Waals surface area contributed by atoms with Crippen molar-refractivity contribution in [3.05, 3.63) is 36.5 Å². The number of carbonyl (C=O) groups is 2. The van der Waals surface area contributed by atoms with Crippen molar-refractivity contribution in [2.75, 3.05) is 13.2 Å². The van der Waals surface area contributed by atoms with Gasteiger partial charge >= 0.3 is 5.97 Å². The van der Waals surface area contributed by atoms with Gasteiger partial charge in [-0.1, -0.05) is 371 Å². The SMILES string of the molecule is CCC/C=C\C/C=C\CCCCCCCC(=O)OCCCCCCCCCCCCCCCCCCCCCCCCCCCCCCCCCCCCCC(=O)NC(CO)C(O)/C=C/CCCCCCCCCCCCCCCC. The minimum Gasteiger partial charge on any atom is -0.466 e. The molecule has 6 nitrogen and oxygen atoms in total. The van der Waals surface area contributed by atoms with E-state index in [1.165, 1.54) is 327 Å². The van der Waals surface area contributed by atoms with Gasteiger partial charge in [-0.05, 0) is 57.8 Å². The highest BCUT2D eigenvalue weighted by Gasteiger charge is 2.18. The summed E-state index contributed by atoms with van der Waals surface area (Å²) in [6, 6.07) is -0.624. The molecule has 0 fully saturated rings. The molecular weight excluding hydrogens is 995 g/mol. The first-order valence-electron chi connectivity index (χ1n) is 36.8. The van der Waals surface area contributed by atoms with Crippen LogP contribution in [-0.2, 0) is 14.3 Å². The fraction of sp³-hybridized carbons (Fsp3) is 0.893. The Morgan fingerprint density at radius 2 is 0.642 bits per heavy atom. The summed E-state index contributed by atoms with van der Waals surface area (Å²) in [6.45, 7) is 4.87. The van der Waals surface area contributed by atoms with E-state index < -0.39 is 12.1 Å². The molecule has 2 atom stereocenters. The van der Waals surface area contributed by atoms with Crippen molar-refractivity contribution in [3.63, 3.8) is 0 Å². The molecule has 1 amide bonds. The Balaban J connectivity index is 3.32. The van der Waals surface area contributed by atoms with Crippen molar-refractivity contribution in [1.82, 2.24) is 5.32 Å². The van der Waals surface area contributed by atoms with E-state index in [4.69, 9.17) is 4.74 Å². The quantitative estimate of drug-likeness (QED) is 0.0320. The number of rotatable bonds is 69. The van der Waals surface area contributed by atoms with E-state index in [2.05, 4.69) is 43.5 Å². The minimum atomic E-state index is -0.841. The normalized spacial score (nSPS) is 12.7. The summed E-state index contributed by atoms with van der Waals surface area (Å²) in [5.74, 6) is -0.0527. The molecule has 0 aliphatic rings. The molecule has 0 aliphatic heterocycles. The van der Waals surface area contributed by atoms with Crippen LogP contribution in [0, 0.1) is 0 Å². The third-order valence-electron chi connectivity index (χ3n) is 17.1. The summed E-state index contributed by atoms with van der Waals surface area (Å²) in [6.07, 6.45) is 91.1. The molecule has 478 valence electrons. The Bertz CT molecular complexity index is 1310. The van der Waals surface area contributed by atoms with Gasteiger partial charge < -0.3 is 20.3 Å². The van der Waals surface area contributed by atoms with Crippen LogP contribution in [0.3, 0.4) is 0 Å². The zero-order valence-electron chi connectivity index (χ0n) is 54.8. The molecule has 6 heteroatoms. The smallest absolute Gasteiger partial charge is 0.305 e. The van der Waals surface area contributed by atoms with Gasteiger partial charge in [-0.25, -0.2) is 0 Å². The summed E-state index contributed by atoms with van der Waals surface area (Å²) in [5.41, 5.74) is 0. The Hall–Kier alpha value is -1.92. The predicted octanol–water partition coefficient (Wildman–Crippen LogP) is 23.9. The summed E-state index contributed by atoms with van der Waals surface area (Å²) >= 11 is 0. The summed E-state index contributed by atoms with van der Waals surface area (Å²) in [5, 5.41) is 23.2. The zero-order valence-corrected chi connectivity index (χ0v) is 54.8. The number of ether oxygens (including phenoxy) is 1. The average Bonchev–Trinajstić information content (AvgIpc) is 3.47. The molecule has 0 bridgehead atoms. The number of esters is 1. The predicted molar refractivity (Wildman–Crippen MR) is 356 cm³/mol. The van der Waals surface area contributed by atoms with Crippen molar-refractivity contribution in [2.45, 2.75) is 418 Å². The van der Waals surface area contributed by atoms with Crippen molar-refractivity contribution in [2.24, 2.45) is 0 Å². The topological polar surface area (TPSA) is 95.9 Å². The van der Waals surface area contributed by atoms with Crippen LogP contribution in [-0.4, -0.2) is 47.4 Å². The molecule has 0 aromatic carbocycles. The van der Waals surface area contributed by atoms with E-state index in [0.717, 1.165) is 51.4 Å². The van der Waals surface area contributed by atoms with E-state index >= 15 is 0 Å². The van der Waals surface area contributed by atoms with Crippen LogP contribution in [0.15, 0.2) is 36.5 Å². The Kier molecular flexibility index (Phi) is 68.9. The molecule has 0 aliphatic carbocycles. The molecule has 3 N–H and O–H groups in total. The standard InChI is InChI=1S/C75H143NO5/c1-3-5-7-9-11-13-15-17-18-40-44-47-51-55-59-63-67-73(78)72(71-77)76-74(79)68-64-60-56-52-48-45-41-38-36-34-32-30-28-26-24-22-20-19-21-23-25-27-29-31-33-35-37-39-42-46-50-54-58-62-66-70-81-75(80)69-65-61-57-53-49-43-16-14-12-10-8-6-4-2/h8,10,14,16,63,67,72-73,77-78H,3-7,9,11-13,15,17-62,64-66,68-71H2,1-2H3,(H,76,79)/b10-8-,16-14-,67-63+. The molecule has 0 radical (unpaired) electrons. The first kappa shape index (κ1) is 79.1. The van der Waals surface area contributed by atoms with E-state index in [0.29, 0.717) is 19.4 Å². The molecule has 0 aromatic rings. The van der Waals surface area contributed by atoms with Crippen molar-refractivity contribution < 1.29 is 24.5 Å². The van der Waals surface area contributed by atoms with Crippen molar-refractivity contribution in [3.8, 4) is 0 Å². The third-order valence-corrected chi connectivity index (χ3v) is 17.1. The van der Waals surface area contributed by atoms with E-state index in [-0.39, 0.29) is 18.5 Å². The molecule has 0 saturated heterocycles. The second-order valence-electron chi connectivity index (χ2n) is 25.3. The van der Waals surface area contributed by atoms with Crippen molar-refractivity contribution in [1.29, 1.82) is 0 Å². The third kappa shape index (κ3) is 67.1. The summed E-state index contributed by atoms with van der Waals surface area (Å²) < 4.78 is 5.48. The maximum absolute atomic E-state index is 12.5. The number of hydrogen-bond acceptors (Lipinski definition) is 5. The summed E-state index contributed by atoms with van der Waals surface area (Å²) in [7, 11) is 0. The van der Waals surface area contributed by atoms with Crippen LogP contribution >= 0.6 is 0 Å². The van der Waals surface area contributed by atoms with E-state index in [9.17, 15) is 19.8 Å². The van der Waals surface area contributed by atoms with Crippen LogP contribution in [0.4, 0.5) is 0 Å². The molecule has 0 heterocycles. The highest BCUT2D eigenvalue weighted by Crippen LogP contribution is 2.19. The maximum Gasteiger partial charge on any atom is 0.305 e. The largest absolute Gasteiger partial charge is 0.466 e. The fourth-order valence-electron chi connectivity index (χ4n) is 11.6. The number of hydrogen-bond donors (Lipinski definition) is 3. The maximum atomic E-state index is 12.5. The van der Waals surface area contributed by atoms with Gasteiger partial charge in [0.05, 0.1) is 25.4 Å². The molecule has 0 aromatic heterocycles. The van der Waals surface area contributed by atoms with Gasteiger partial charge in [-0.15, -0.1) is 0 Å². The average molecular weight is 1140 g/mol. The molecule has 0 saturated carbocycles. The number of carbonyl (C=O) groups excluding carboxylic acids is 2. The van der Waals surface area contributed by atoms with E-state index in [1.807, 2.05) is 6.08 Å². The van der Waals surface area contributed by atoms with Gasteiger partial charge in [0, 0.05) is 12.8 Å². The lowest BCUT2D eigenvalue weighted by molar-refractivity contribution is -0.143. The molecular formula is C75H143NO5. The number of amides is 1. The minimum absolute atomic E-state index is 0.00723. The Morgan fingerprint density at radius 3 is 0.988 bits per heavy atom. The second-order valence-corrected chi connectivity index (χ2v) is 25.3. The van der Waals surface area contributed by atoms with Gasteiger partial charge in [0.25, 0.3) is 0 Å².